The molecule has 0 aromatic heterocycles. The second kappa shape index (κ2) is 7.51. The lowest BCUT2D eigenvalue weighted by molar-refractivity contribution is 0.239. The molecule has 0 aliphatic rings. The van der Waals surface area contributed by atoms with E-state index in [9.17, 15) is 0 Å². The molecule has 0 aliphatic heterocycles. The van der Waals surface area contributed by atoms with Gasteiger partial charge in [0.05, 0.1) is 0 Å². The molecule has 0 radical (unpaired) electrons. The van der Waals surface area contributed by atoms with Crippen LogP contribution in [0.15, 0.2) is 4.99 Å². The van der Waals surface area contributed by atoms with Gasteiger partial charge < -0.3 is 16.4 Å². The number of aliphatic imine (C=N–C) groups is 1. The zero-order valence-electron chi connectivity index (χ0n) is 10.5. The van der Waals surface area contributed by atoms with Gasteiger partial charge in [0.25, 0.3) is 0 Å². The van der Waals surface area contributed by atoms with E-state index in [-0.39, 0.29) is 5.96 Å². The van der Waals surface area contributed by atoms with Crippen molar-refractivity contribution < 1.29 is 0 Å². The molecule has 1 atom stereocenters. The van der Waals surface area contributed by atoms with Gasteiger partial charge in [-0.25, -0.2) is 0 Å². The predicted molar refractivity (Wildman–Crippen MR) is 66.8 cm³/mol. The molecule has 0 unspecified atom stereocenters. The molecule has 0 heterocycles. The van der Waals surface area contributed by atoms with Crippen LogP contribution in [0.1, 0.15) is 33.1 Å². The molecule has 0 spiro atoms. The van der Waals surface area contributed by atoms with E-state index in [0.29, 0.717) is 6.04 Å². The first-order chi connectivity index (χ1) is 6.93. The van der Waals surface area contributed by atoms with Crippen LogP contribution < -0.4 is 11.5 Å². The minimum atomic E-state index is 0.195. The summed E-state index contributed by atoms with van der Waals surface area (Å²) in [6, 6.07) is 0.638. The average Bonchev–Trinajstić information content (AvgIpc) is 2.08. The molecule has 0 aromatic rings. The maximum atomic E-state index is 5.27. The number of rotatable bonds is 7. The first-order valence-corrected chi connectivity index (χ1v) is 5.65. The van der Waals surface area contributed by atoms with Crippen molar-refractivity contribution in [3.05, 3.63) is 0 Å². The van der Waals surface area contributed by atoms with E-state index < -0.39 is 0 Å². The van der Waals surface area contributed by atoms with E-state index in [0.717, 1.165) is 25.3 Å². The van der Waals surface area contributed by atoms with Crippen LogP contribution >= 0.6 is 0 Å². The van der Waals surface area contributed by atoms with Gasteiger partial charge in [-0.15, -0.1) is 0 Å². The average molecular weight is 214 g/mol. The summed E-state index contributed by atoms with van der Waals surface area (Å²) in [7, 11) is 4.27. The maximum absolute atomic E-state index is 5.27. The van der Waals surface area contributed by atoms with E-state index >= 15 is 0 Å². The Bertz CT molecular complexity index is 183. The quantitative estimate of drug-likeness (QED) is 0.378. The fourth-order valence-electron chi connectivity index (χ4n) is 1.67. The van der Waals surface area contributed by atoms with Gasteiger partial charge in [0, 0.05) is 12.6 Å². The van der Waals surface area contributed by atoms with Crippen molar-refractivity contribution in [3.8, 4) is 0 Å². The SMILES string of the molecule is CC(C)C[C@H](CCCN=C(N)N)N(C)C. The Morgan fingerprint density at radius 2 is 1.87 bits per heavy atom. The van der Waals surface area contributed by atoms with E-state index in [1.807, 2.05) is 0 Å². The fourth-order valence-corrected chi connectivity index (χ4v) is 1.67. The zero-order valence-corrected chi connectivity index (χ0v) is 10.5. The van der Waals surface area contributed by atoms with Gasteiger partial charge in [0.2, 0.25) is 0 Å². The van der Waals surface area contributed by atoms with Crippen LogP contribution in [0.2, 0.25) is 0 Å². The summed E-state index contributed by atoms with van der Waals surface area (Å²) >= 11 is 0. The molecule has 4 N–H and O–H groups in total. The van der Waals surface area contributed by atoms with E-state index in [1.165, 1.54) is 6.42 Å². The third-order valence-corrected chi connectivity index (χ3v) is 2.46. The number of nitrogens with two attached hydrogens (primary N) is 2. The number of nitrogens with zero attached hydrogens (tertiary/aromatic N) is 2. The van der Waals surface area contributed by atoms with Crippen LogP contribution in [-0.2, 0) is 0 Å². The van der Waals surface area contributed by atoms with Crippen LogP contribution in [-0.4, -0.2) is 37.5 Å². The summed E-state index contributed by atoms with van der Waals surface area (Å²) in [5.74, 6) is 0.931. The van der Waals surface area contributed by atoms with Gasteiger partial charge in [-0.1, -0.05) is 13.8 Å². The summed E-state index contributed by atoms with van der Waals surface area (Å²) in [6.45, 7) is 5.25. The molecular weight excluding hydrogens is 188 g/mol. The van der Waals surface area contributed by atoms with Gasteiger partial charge in [-0.3, -0.25) is 4.99 Å². The van der Waals surface area contributed by atoms with Gasteiger partial charge >= 0.3 is 0 Å². The maximum Gasteiger partial charge on any atom is 0.185 e. The van der Waals surface area contributed by atoms with Crippen LogP contribution in [0.3, 0.4) is 0 Å². The Kier molecular flexibility index (Phi) is 7.13. The Labute approximate surface area is 93.7 Å². The standard InChI is InChI=1S/C11H26N4/c1-9(2)8-10(15(3)4)6-5-7-14-11(12)13/h9-10H,5-8H2,1-4H3,(H4,12,13,14)/t10-/m0/s1. The minimum absolute atomic E-state index is 0.195. The van der Waals surface area contributed by atoms with Crippen molar-refractivity contribution in [1.82, 2.24) is 4.90 Å². The largest absolute Gasteiger partial charge is 0.370 e. The van der Waals surface area contributed by atoms with Crippen LogP contribution in [0, 0.1) is 5.92 Å². The van der Waals surface area contributed by atoms with Gasteiger partial charge in [0.1, 0.15) is 0 Å². The fraction of sp³-hybridized carbons (Fsp3) is 0.909. The summed E-state index contributed by atoms with van der Waals surface area (Å²) < 4.78 is 0. The Balaban J connectivity index is 3.81. The van der Waals surface area contributed by atoms with Gasteiger partial charge in [-0.05, 0) is 39.3 Å². The summed E-state index contributed by atoms with van der Waals surface area (Å²) in [4.78, 5) is 6.28. The molecule has 0 rings (SSSR count). The van der Waals surface area contributed by atoms with Crippen molar-refractivity contribution in [3.63, 3.8) is 0 Å². The molecular formula is C11H26N4. The third kappa shape index (κ3) is 8.24. The second-order valence-electron chi connectivity index (χ2n) is 4.70. The lowest BCUT2D eigenvalue weighted by Crippen LogP contribution is -2.29. The molecule has 0 amide bonds. The van der Waals surface area contributed by atoms with Crippen molar-refractivity contribution in [2.75, 3.05) is 20.6 Å². The molecule has 0 fully saturated rings. The molecule has 4 heteroatoms. The Hall–Kier alpha value is -0.770. The highest BCUT2D eigenvalue weighted by Gasteiger charge is 2.12. The van der Waals surface area contributed by atoms with Crippen molar-refractivity contribution in [2.45, 2.75) is 39.2 Å². The highest BCUT2D eigenvalue weighted by atomic mass is 15.1. The van der Waals surface area contributed by atoms with Crippen molar-refractivity contribution >= 4 is 5.96 Å². The van der Waals surface area contributed by atoms with E-state index in [1.54, 1.807) is 0 Å². The number of guanidine groups is 1. The minimum Gasteiger partial charge on any atom is -0.370 e. The second-order valence-corrected chi connectivity index (χ2v) is 4.70. The van der Waals surface area contributed by atoms with Crippen LogP contribution in [0.4, 0.5) is 0 Å². The van der Waals surface area contributed by atoms with Gasteiger partial charge in [-0.2, -0.15) is 0 Å². The van der Waals surface area contributed by atoms with Crippen LogP contribution in [0.5, 0.6) is 0 Å². The molecule has 0 bridgehead atoms. The highest BCUT2D eigenvalue weighted by Crippen LogP contribution is 2.13. The zero-order chi connectivity index (χ0) is 11.8. The monoisotopic (exact) mass is 214 g/mol. The number of hydrogen-bond acceptors (Lipinski definition) is 2. The molecule has 0 aromatic carbocycles. The third-order valence-electron chi connectivity index (χ3n) is 2.46. The molecule has 0 saturated heterocycles. The Morgan fingerprint density at radius 1 is 1.27 bits per heavy atom. The Morgan fingerprint density at radius 3 is 2.27 bits per heavy atom. The first kappa shape index (κ1) is 14.2. The molecule has 15 heavy (non-hydrogen) atoms. The van der Waals surface area contributed by atoms with E-state index in [4.69, 9.17) is 11.5 Å². The molecule has 4 nitrogen and oxygen atoms in total. The highest BCUT2D eigenvalue weighted by molar-refractivity contribution is 5.75. The van der Waals surface area contributed by atoms with Crippen molar-refractivity contribution in [2.24, 2.45) is 22.4 Å². The topological polar surface area (TPSA) is 67.6 Å². The van der Waals surface area contributed by atoms with Crippen molar-refractivity contribution in [1.29, 1.82) is 0 Å². The smallest absolute Gasteiger partial charge is 0.185 e. The lowest BCUT2D eigenvalue weighted by atomic mass is 9.99. The summed E-state index contributed by atoms with van der Waals surface area (Å²) in [5, 5.41) is 0. The van der Waals surface area contributed by atoms with Crippen LogP contribution in [0.25, 0.3) is 0 Å². The molecule has 90 valence electrons. The predicted octanol–water partition coefficient (Wildman–Crippen LogP) is 1.02. The van der Waals surface area contributed by atoms with Gasteiger partial charge in [0.15, 0.2) is 5.96 Å². The molecule has 0 aliphatic carbocycles. The lowest BCUT2D eigenvalue weighted by Gasteiger charge is -2.25. The molecule has 0 saturated carbocycles. The number of hydrogen-bond donors (Lipinski definition) is 2. The normalized spacial score (nSPS) is 13.2. The summed E-state index contributed by atoms with van der Waals surface area (Å²) in [6.07, 6.45) is 3.43. The first-order valence-electron chi connectivity index (χ1n) is 5.65. The summed E-state index contributed by atoms with van der Waals surface area (Å²) in [5.41, 5.74) is 10.5. The van der Waals surface area contributed by atoms with E-state index in [2.05, 4.69) is 37.8 Å².